The van der Waals surface area contributed by atoms with Crippen molar-refractivity contribution in [2.24, 2.45) is 0 Å². The molecule has 0 aliphatic heterocycles. The molecule has 0 radical (unpaired) electrons. The third-order valence-corrected chi connectivity index (χ3v) is 10.0. The summed E-state index contributed by atoms with van der Waals surface area (Å²) in [7, 11) is -4.15. The number of carbonyl (C=O) groups is 2. The fourth-order valence-electron chi connectivity index (χ4n) is 5.44. The van der Waals surface area contributed by atoms with E-state index >= 15 is 0 Å². The first-order valence-electron chi connectivity index (χ1n) is 16.0. The second-order valence-electron chi connectivity index (χ2n) is 11.6. The zero-order chi connectivity index (χ0) is 33.1. The number of aryl methyl sites for hydroxylation is 3. The van der Waals surface area contributed by atoms with Gasteiger partial charge in [0.1, 0.15) is 12.6 Å². The van der Waals surface area contributed by atoms with Crippen molar-refractivity contribution in [3.05, 3.63) is 131 Å². The minimum atomic E-state index is -4.15. The number of sulfonamides is 1. The van der Waals surface area contributed by atoms with Gasteiger partial charge in [0.25, 0.3) is 10.0 Å². The van der Waals surface area contributed by atoms with Gasteiger partial charge in [-0.25, -0.2) is 8.42 Å². The van der Waals surface area contributed by atoms with Crippen molar-refractivity contribution < 1.29 is 18.0 Å². The van der Waals surface area contributed by atoms with Crippen LogP contribution in [-0.2, 0) is 39.0 Å². The standard InChI is InChI=1S/C38H45N3O4S/c1-5-7-25-39-38(43)36(26-31-16-9-8-10-17-31)40(27-33-19-12-11-15-30(33)4)37(42)28-41(35-20-14-13-18-32(35)6-2)46(44,45)34-23-21-29(3)22-24-34/h8-24,36H,5-7,25-28H2,1-4H3,(H,39,43)/t36-/m1/s1. The van der Waals surface area contributed by atoms with Gasteiger partial charge in [-0.2, -0.15) is 0 Å². The number of hydrogen-bond donors (Lipinski definition) is 1. The molecule has 1 N–H and O–H groups in total. The van der Waals surface area contributed by atoms with Crippen LogP contribution in [0.5, 0.6) is 0 Å². The molecule has 242 valence electrons. The van der Waals surface area contributed by atoms with Crippen LogP contribution in [0.2, 0.25) is 0 Å². The molecule has 0 unspecified atom stereocenters. The van der Waals surface area contributed by atoms with Gasteiger partial charge in [-0.1, -0.05) is 111 Å². The molecule has 0 fully saturated rings. The number of amides is 2. The summed E-state index contributed by atoms with van der Waals surface area (Å²) in [5, 5.41) is 3.04. The number of nitrogens with one attached hydrogen (secondary N) is 1. The minimum Gasteiger partial charge on any atom is -0.354 e. The normalized spacial score (nSPS) is 11.9. The van der Waals surface area contributed by atoms with E-state index in [0.29, 0.717) is 18.7 Å². The predicted molar refractivity (Wildman–Crippen MR) is 185 cm³/mol. The average molecular weight is 640 g/mol. The Bertz CT molecular complexity index is 1710. The van der Waals surface area contributed by atoms with Gasteiger partial charge in [-0.15, -0.1) is 0 Å². The molecular weight excluding hydrogens is 595 g/mol. The van der Waals surface area contributed by atoms with Crippen molar-refractivity contribution in [1.29, 1.82) is 0 Å². The van der Waals surface area contributed by atoms with Gasteiger partial charge in [-0.3, -0.25) is 13.9 Å². The van der Waals surface area contributed by atoms with Crippen molar-refractivity contribution >= 4 is 27.5 Å². The number of rotatable bonds is 15. The van der Waals surface area contributed by atoms with Crippen LogP contribution in [0.15, 0.2) is 108 Å². The zero-order valence-electron chi connectivity index (χ0n) is 27.3. The number of benzene rings is 4. The van der Waals surface area contributed by atoms with Gasteiger partial charge in [0, 0.05) is 19.5 Å². The maximum atomic E-state index is 14.7. The number of hydrogen-bond acceptors (Lipinski definition) is 4. The Hall–Kier alpha value is -4.43. The average Bonchev–Trinajstić information content (AvgIpc) is 3.06. The van der Waals surface area contributed by atoms with E-state index in [-0.39, 0.29) is 23.8 Å². The molecule has 4 rings (SSSR count). The van der Waals surface area contributed by atoms with Gasteiger partial charge in [-0.05, 0) is 67.1 Å². The van der Waals surface area contributed by atoms with E-state index < -0.39 is 28.5 Å². The van der Waals surface area contributed by atoms with E-state index in [1.54, 1.807) is 41.3 Å². The molecule has 1 atom stereocenters. The topological polar surface area (TPSA) is 86.8 Å². The molecule has 2 amide bonds. The van der Waals surface area contributed by atoms with Crippen molar-refractivity contribution in [2.75, 3.05) is 17.4 Å². The van der Waals surface area contributed by atoms with Gasteiger partial charge in [0.2, 0.25) is 11.8 Å². The highest BCUT2D eigenvalue weighted by atomic mass is 32.2. The lowest BCUT2D eigenvalue weighted by Crippen LogP contribution is -2.53. The fourth-order valence-corrected chi connectivity index (χ4v) is 6.89. The number of carbonyl (C=O) groups excluding carboxylic acids is 2. The number of nitrogens with zero attached hydrogens (tertiary/aromatic N) is 2. The highest BCUT2D eigenvalue weighted by Gasteiger charge is 2.35. The molecule has 4 aromatic rings. The summed E-state index contributed by atoms with van der Waals surface area (Å²) in [6, 6.07) is 30.4. The van der Waals surface area contributed by atoms with Gasteiger partial charge >= 0.3 is 0 Å². The Morgan fingerprint density at radius 3 is 2.07 bits per heavy atom. The molecule has 0 spiro atoms. The summed E-state index contributed by atoms with van der Waals surface area (Å²) in [5.74, 6) is -0.724. The summed E-state index contributed by atoms with van der Waals surface area (Å²) >= 11 is 0. The van der Waals surface area contributed by atoms with Crippen molar-refractivity contribution in [2.45, 2.75) is 70.9 Å². The largest absolute Gasteiger partial charge is 0.354 e. The van der Waals surface area contributed by atoms with Crippen molar-refractivity contribution in [1.82, 2.24) is 10.2 Å². The van der Waals surface area contributed by atoms with E-state index in [2.05, 4.69) is 12.2 Å². The van der Waals surface area contributed by atoms with Crippen LogP contribution in [0.25, 0.3) is 0 Å². The van der Waals surface area contributed by atoms with Crippen LogP contribution in [0.3, 0.4) is 0 Å². The maximum absolute atomic E-state index is 14.7. The molecule has 0 aliphatic carbocycles. The minimum absolute atomic E-state index is 0.0976. The Balaban J connectivity index is 1.82. The lowest BCUT2D eigenvalue weighted by atomic mass is 10.0. The fraction of sp³-hybridized carbons (Fsp3) is 0.316. The monoisotopic (exact) mass is 639 g/mol. The van der Waals surface area contributed by atoms with Crippen molar-refractivity contribution in [3.63, 3.8) is 0 Å². The highest BCUT2D eigenvalue weighted by Crippen LogP contribution is 2.29. The Morgan fingerprint density at radius 1 is 0.783 bits per heavy atom. The molecule has 0 bridgehead atoms. The third-order valence-electron chi connectivity index (χ3n) is 8.23. The summed E-state index contributed by atoms with van der Waals surface area (Å²) in [6.45, 7) is 8.05. The van der Waals surface area contributed by atoms with Crippen LogP contribution >= 0.6 is 0 Å². The van der Waals surface area contributed by atoms with E-state index in [4.69, 9.17) is 0 Å². The molecule has 7 nitrogen and oxygen atoms in total. The van der Waals surface area contributed by atoms with Gasteiger partial charge < -0.3 is 10.2 Å². The lowest BCUT2D eigenvalue weighted by Gasteiger charge is -2.34. The first kappa shape index (κ1) is 34.4. The highest BCUT2D eigenvalue weighted by molar-refractivity contribution is 7.92. The van der Waals surface area contributed by atoms with E-state index in [9.17, 15) is 18.0 Å². The third kappa shape index (κ3) is 8.63. The van der Waals surface area contributed by atoms with Crippen LogP contribution in [0, 0.1) is 13.8 Å². The summed E-state index contributed by atoms with van der Waals surface area (Å²) in [4.78, 5) is 30.2. The second-order valence-corrected chi connectivity index (χ2v) is 13.5. The molecule has 0 saturated heterocycles. The lowest BCUT2D eigenvalue weighted by molar-refractivity contribution is -0.140. The van der Waals surface area contributed by atoms with Crippen LogP contribution in [-0.4, -0.2) is 44.3 Å². The molecule has 8 heteroatoms. The molecule has 0 heterocycles. The zero-order valence-corrected chi connectivity index (χ0v) is 28.1. The Kier molecular flexibility index (Phi) is 12.1. The van der Waals surface area contributed by atoms with E-state index in [1.807, 2.05) is 87.5 Å². The number of unbranched alkanes of at least 4 members (excludes halogenated alkanes) is 1. The smallest absolute Gasteiger partial charge is 0.264 e. The summed E-state index contributed by atoms with van der Waals surface area (Å²) in [6.07, 6.45) is 2.59. The SMILES string of the molecule is CCCCNC(=O)[C@@H](Cc1ccccc1)N(Cc1ccccc1C)C(=O)CN(c1ccccc1CC)S(=O)(=O)c1ccc(C)cc1. The Morgan fingerprint density at radius 2 is 1.41 bits per heavy atom. The quantitative estimate of drug-likeness (QED) is 0.148. The maximum Gasteiger partial charge on any atom is 0.264 e. The first-order chi connectivity index (χ1) is 22.1. The van der Waals surface area contributed by atoms with Crippen molar-refractivity contribution in [3.8, 4) is 0 Å². The van der Waals surface area contributed by atoms with Crippen LogP contribution < -0.4 is 9.62 Å². The van der Waals surface area contributed by atoms with E-state index in [1.165, 1.54) is 4.31 Å². The number of para-hydroxylation sites is 1. The van der Waals surface area contributed by atoms with Crippen LogP contribution in [0.4, 0.5) is 5.69 Å². The predicted octanol–water partition coefficient (Wildman–Crippen LogP) is 6.62. The molecule has 0 aliphatic rings. The molecular formula is C38H45N3O4S. The first-order valence-corrected chi connectivity index (χ1v) is 17.4. The van der Waals surface area contributed by atoms with E-state index in [0.717, 1.165) is 40.7 Å². The molecule has 46 heavy (non-hydrogen) atoms. The summed E-state index contributed by atoms with van der Waals surface area (Å²) in [5.41, 5.74) is 4.94. The van der Waals surface area contributed by atoms with Gasteiger partial charge in [0.05, 0.1) is 10.6 Å². The molecule has 4 aromatic carbocycles. The van der Waals surface area contributed by atoms with Crippen LogP contribution in [0.1, 0.15) is 54.5 Å². The van der Waals surface area contributed by atoms with Gasteiger partial charge in [0.15, 0.2) is 0 Å². The number of anilines is 1. The Labute approximate surface area is 274 Å². The second kappa shape index (κ2) is 16.2. The molecule has 0 saturated carbocycles. The summed E-state index contributed by atoms with van der Waals surface area (Å²) < 4.78 is 29.9. The molecule has 0 aromatic heterocycles.